The number of hydrogen-bond acceptors (Lipinski definition) is 0. The third-order valence-electron chi connectivity index (χ3n) is 1.83. The van der Waals surface area contributed by atoms with Gasteiger partial charge in [0.15, 0.2) is 0 Å². The van der Waals surface area contributed by atoms with Crippen molar-refractivity contribution in [2.24, 2.45) is 0 Å². The molecule has 0 aliphatic heterocycles. The molecule has 98 valence electrons. The van der Waals surface area contributed by atoms with E-state index in [4.69, 9.17) is 0 Å². The number of aromatic nitrogens is 2. The van der Waals surface area contributed by atoms with Crippen molar-refractivity contribution in [3.63, 3.8) is 0 Å². The van der Waals surface area contributed by atoms with E-state index in [9.17, 15) is 17.3 Å². The summed E-state index contributed by atoms with van der Waals surface area (Å²) in [7, 11) is -6.00. The number of hydrogen-bond donors (Lipinski definition) is 0. The van der Waals surface area contributed by atoms with E-state index in [2.05, 4.69) is 53.9 Å². The summed E-state index contributed by atoms with van der Waals surface area (Å²) in [5.74, 6) is 0. The van der Waals surface area contributed by atoms with Gasteiger partial charge < -0.3 is 17.3 Å². The second-order valence-electron chi connectivity index (χ2n) is 3.32. The fourth-order valence-electron chi connectivity index (χ4n) is 1.10. The van der Waals surface area contributed by atoms with E-state index in [1.165, 1.54) is 0 Å². The van der Waals surface area contributed by atoms with E-state index in [-0.39, 0.29) is 0 Å². The standard InChI is InChI=1S/C10H17N2.BF4/c1-3-5-6-7-12-9-8-11(4-2)10-12;2-1(3,4)5/h5-6,8-10H,3-4,7H2,1-2H3;/q+1;-1/b6-5+;. The number of nitrogens with zero attached hydrogens (tertiary/aromatic N) is 2. The molecular weight excluding hydrogens is 235 g/mol. The zero-order valence-electron chi connectivity index (χ0n) is 9.99. The van der Waals surface area contributed by atoms with E-state index < -0.39 is 7.25 Å². The van der Waals surface area contributed by atoms with E-state index in [0.29, 0.717) is 0 Å². The van der Waals surface area contributed by atoms with Gasteiger partial charge in [-0.1, -0.05) is 13.0 Å². The maximum absolute atomic E-state index is 9.75. The van der Waals surface area contributed by atoms with Crippen molar-refractivity contribution in [3.8, 4) is 0 Å². The predicted molar refractivity (Wildman–Crippen MR) is 59.9 cm³/mol. The van der Waals surface area contributed by atoms with Gasteiger partial charge in [-0.2, -0.15) is 0 Å². The van der Waals surface area contributed by atoms with Crippen molar-refractivity contribution < 1.29 is 21.8 Å². The maximum atomic E-state index is 9.75. The van der Waals surface area contributed by atoms with Crippen LogP contribution in [0.3, 0.4) is 0 Å². The minimum Gasteiger partial charge on any atom is -0.418 e. The first-order valence-corrected chi connectivity index (χ1v) is 5.44. The van der Waals surface area contributed by atoms with Gasteiger partial charge in [-0.05, 0) is 19.4 Å². The van der Waals surface area contributed by atoms with Gasteiger partial charge >= 0.3 is 7.25 Å². The second kappa shape index (κ2) is 7.92. The maximum Gasteiger partial charge on any atom is 0.673 e. The van der Waals surface area contributed by atoms with E-state index in [0.717, 1.165) is 19.5 Å². The molecule has 0 saturated heterocycles. The summed E-state index contributed by atoms with van der Waals surface area (Å²) in [6, 6.07) is 0. The Balaban J connectivity index is 0.000000437. The Morgan fingerprint density at radius 3 is 2.18 bits per heavy atom. The van der Waals surface area contributed by atoms with Crippen LogP contribution in [0.2, 0.25) is 0 Å². The van der Waals surface area contributed by atoms with Gasteiger partial charge in [-0.3, -0.25) is 0 Å². The topological polar surface area (TPSA) is 8.81 Å². The Kier molecular flexibility index (Phi) is 7.33. The molecule has 0 fully saturated rings. The van der Waals surface area contributed by atoms with Crippen LogP contribution in [0.25, 0.3) is 0 Å². The number of rotatable bonds is 4. The summed E-state index contributed by atoms with van der Waals surface area (Å²) in [5, 5.41) is 0. The van der Waals surface area contributed by atoms with Gasteiger partial charge in [-0.15, -0.1) is 0 Å². The lowest BCUT2D eigenvalue weighted by Gasteiger charge is -1.94. The zero-order valence-corrected chi connectivity index (χ0v) is 9.99. The Bertz CT molecular complexity index is 327. The number of aryl methyl sites for hydroxylation is 1. The van der Waals surface area contributed by atoms with Crippen LogP contribution < -0.4 is 4.57 Å². The number of imidazole rings is 1. The van der Waals surface area contributed by atoms with Gasteiger partial charge in [0.05, 0.1) is 6.54 Å². The first kappa shape index (κ1) is 15.7. The van der Waals surface area contributed by atoms with Gasteiger partial charge in [-0.25, -0.2) is 9.13 Å². The summed E-state index contributed by atoms with van der Waals surface area (Å²) in [6.07, 6.45) is 11.8. The fraction of sp³-hybridized carbons (Fsp3) is 0.500. The van der Waals surface area contributed by atoms with Crippen molar-refractivity contribution in [3.05, 3.63) is 30.9 Å². The third-order valence-corrected chi connectivity index (χ3v) is 1.83. The summed E-state index contributed by atoms with van der Waals surface area (Å²) in [5.41, 5.74) is 0. The molecule has 0 atom stereocenters. The summed E-state index contributed by atoms with van der Waals surface area (Å²) >= 11 is 0. The van der Waals surface area contributed by atoms with E-state index >= 15 is 0 Å². The normalized spacial score (nSPS) is 11.4. The van der Waals surface area contributed by atoms with Crippen LogP contribution in [0.5, 0.6) is 0 Å². The molecule has 0 N–H and O–H groups in total. The Labute approximate surface area is 98.7 Å². The Morgan fingerprint density at radius 2 is 1.76 bits per heavy atom. The minimum atomic E-state index is -6.00. The first-order chi connectivity index (χ1) is 7.86. The average molecular weight is 252 g/mol. The van der Waals surface area contributed by atoms with Gasteiger partial charge in [0.1, 0.15) is 18.9 Å². The average Bonchev–Trinajstić information content (AvgIpc) is 2.64. The predicted octanol–water partition coefficient (Wildman–Crippen LogP) is 3.06. The molecule has 0 amide bonds. The summed E-state index contributed by atoms with van der Waals surface area (Å²) < 4.78 is 43.3. The van der Waals surface area contributed by atoms with Crippen molar-refractivity contribution in [1.82, 2.24) is 4.57 Å². The molecule has 0 aromatic carbocycles. The highest BCUT2D eigenvalue weighted by Crippen LogP contribution is 2.06. The van der Waals surface area contributed by atoms with Crippen LogP contribution in [0.4, 0.5) is 17.3 Å². The van der Waals surface area contributed by atoms with E-state index in [1.54, 1.807) is 0 Å². The molecule has 17 heavy (non-hydrogen) atoms. The van der Waals surface area contributed by atoms with Crippen molar-refractivity contribution in [2.45, 2.75) is 33.4 Å². The molecule has 0 aliphatic rings. The highest BCUT2D eigenvalue weighted by molar-refractivity contribution is 6.50. The van der Waals surface area contributed by atoms with Crippen LogP contribution in [0.15, 0.2) is 30.9 Å². The molecule has 2 nitrogen and oxygen atoms in total. The summed E-state index contributed by atoms with van der Waals surface area (Å²) in [4.78, 5) is 0. The third kappa shape index (κ3) is 11.0. The highest BCUT2D eigenvalue weighted by atomic mass is 19.5. The van der Waals surface area contributed by atoms with Crippen molar-refractivity contribution in [2.75, 3.05) is 0 Å². The number of allylic oxidation sites excluding steroid dienone is 2. The quantitative estimate of drug-likeness (QED) is 0.337. The SMILES string of the molecule is CC/C=C/C[n+]1ccn(CC)c1.F[B-](F)(F)F. The molecule has 0 aliphatic carbocycles. The molecule has 0 saturated carbocycles. The van der Waals surface area contributed by atoms with Gasteiger partial charge in [0.2, 0.25) is 6.33 Å². The van der Waals surface area contributed by atoms with Crippen molar-refractivity contribution >= 4 is 7.25 Å². The lowest BCUT2D eigenvalue weighted by atomic mass is 10.3. The molecule has 0 radical (unpaired) electrons. The van der Waals surface area contributed by atoms with Crippen LogP contribution in [-0.2, 0) is 13.1 Å². The summed E-state index contributed by atoms with van der Waals surface area (Å²) in [6.45, 7) is 6.33. The van der Waals surface area contributed by atoms with Crippen LogP contribution in [0.1, 0.15) is 20.3 Å². The highest BCUT2D eigenvalue weighted by Gasteiger charge is 2.20. The first-order valence-electron chi connectivity index (χ1n) is 5.44. The van der Waals surface area contributed by atoms with Crippen LogP contribution in [0, 0.1) is 0 Å². The minimum absolute atomic E-state index is 0.987. The molecule has 7 heteroatoms. The molecule has 0 spiro atoms. The Morgan fingerprint density at radius 1 is 1.18 bits per heavy atom. The van der Waals surface area contributed by atoms with E-state index in [1.807, 2.05) is 0 Å². The molecular formula is C10H17BF4N2. The largest absolute Gasteiger partial charge is 0.673 e. The smallest absolute Gasteiger partial charge is 0.418 e. The fourth-order valence-corrected chi connectivity index (χ4v) is 1.10. The molecule has 1 heterocycles. The van der Waals surface area contributed by atoms with Crippen LogP contribution in [-0.4, -0.2) is 11.8 Å². The van der Waals surface area contributed by atoms with Gasteiger partial charge in [0.25, 0.3) is 0 Å². The molecule has 0 bridgehead atoms. The molecule has 1 aromatic rings. The second-order valence-corrected chi connectivity index (χ2v) is 3.32. The van der Waals surface area contributed by atoms with Gasteiger partial charge in [0, 0.05) is 0 Å². The number of halogens is 4. The monoisotopic (exact) mass is 252 g/mol. The van der Waals surface area contributed by atoms with Crippen LogP contribution >= 0.6 is 0 Å². The lowest BCUT2D eigenvalue weighted by molar-refractivity contribution is -0.686. The molecule has 1 aromatic heterocycles. The van der Waals surface area contributed by atoms with Crippen molar-refractivity contribution in [1.29, 1.82) is 0 Å². The lowest BCUT2D eigenvalue weighted by Crippen LogP contribution is -2.29. The Hall–Kier alpha value is -1.27. The molecule has 0 unspecified atom stereocenters. The molecule has 1 rings (SSSR count). The zero-order chi connectivity index (χ0) is 13.3.